The molecule has 0 bridgehead atoms. The summed E-state index contributed by atoms with van der Waals surface area (Å²) in [5.41, 5.74) is 4.96. The molecule has 19 heavy (non-hydrogen) atoms. The summed E-state index contributed by atoms with van der Waals surface area (Å²) >= 11 is 0. The van der Waals surface area contributed by atoms with Gasteiger partial charge in [-0.05, 0) is 25.0 Å². The molecule has 2 aromatic rings. The van der Waals surface area contributed by atoms with Crippen LogP contribution in [0.25, 0.3) is 0 Å². The zero-order chi connectivity index (χ0) is 13.5. The normalized spacial score (nSPS) is 10.6. The van der Waals surface area contributed by atoms with Crippen molar-refractivity contribution in [2.45, 2.75) is 27.1 Å². The minimum absolute atomic E-state index is 0.653. The highest BCUT2D eigenvalue weighted by molar-refractivity contribution is 6.17. The van der Waals surface area contributed by atoms with E-state index in [0.29, 0.717) is 13.2 Å². The largest absolute Gasteiger partial charge is 0.394 e. The van der Waals surface area contributed by atoms with E-state index in [-0.39, 0.29) is 0 Å². The second-order valence-electron chi connectivity index (χ2n) is 4.79. The molecule has 0 atom stereocenters. The van der Waals surface area contributed by atoms with Crippen LogP contribution in [-0.2, 0) is 22.1 Å². The van der Waals surface area contributed by atoms with Crippen molar-refractivity contribution in [2.24, 2.45) is 0 Å². The fourth-order valence-electron chi connectivity index (χ4n) is 1.75. The smallest absolute Gasteiger partial charge is 0.305 e. The van der Waals surface area contributed by atoms with Crippen LogP contribution in [0, 0.1) is 13.8 Å². The molecule has 0 aliphatic rings. The van der Waals surface area contributed by atoms with Crippen molar-refractivity contribution in [2.75, 3.05) is 0 Å². The van der Waals surface area contributed by atoms with E-state index in [0.717, 1.165) is 0 Å². The highest BCUT2D eigenvalue weighted by Gasteiger charge is 1.96. The molecule has 3 heteroatoms. The van der Waals surface area contributed by atoms with Gasteiger partial charge in [0.25, 0.3) is 0 Å². The van der Waals surface area contributed by atoms with E-state index in [9.17, 15) is 0 Å². The minimum Gasteiger partial charge on any atom is -0.394 e. The Morgan fingerprint density at radius 2 is 1.05 bits per heavy atom. The number of hydrogen-bond donors (Lipinski definition) is 0. The topological polar surface area (TPSA) is 18.5 Å². The van der Waals surface area contributed by atoms with Gasteiger partial charge < -0.3 is 8.85 Å². The summed E-state index contributed by atoms with van der Waals surface area (Å²) in [7, 11) is -0.896. The second kappa shape index (κ2) is 7.24. The molecule has 0 unspecified atom stereocenters. The zero-order valence-corrected chi connectivity index (χ0v) is 13.0. The van der Waals surface area contributed by atoms with Gasteiger partial charge >= 0.3 is 10.0 Å². The maximum Gasteiger partial charge on any atom is 0.305 e. The van der Waals surface area contributed by atoms with Crippen LogP contribution in [0.4, 0.5) is 0 Å². The van der Waals surface area contributed by atoms with E-state index in [1.54, 1.807) is 0 Å². The first-order valence-electron chi connectivity index (χ1n) is 6.50. The highest BCUT2D eigenvalue weighted by Crippen LogP contribution is 2.06. The molecule has 0 radical (unpaired) electrons. The van der Waals surface area contributed by atoms with Crippen LogP contribution in [0.1, 0.15) is 22.3 Å². The van der Waals surface area contributed by atoms with Gasteiger partial charge in [0.15, 0.2) is 0 Å². The highest BCUT2D eigenvalue weighted by atomic mass is 28.3. The van der Waals surface area contributed by atoms with E-state index in [1.807, 2.05) is 0 Å². The lowest BCUT2D eigenvalue weighted by atomic mass is 10.2. The molecule has 2 nitrogen and oxygen atoms in total. The van der Waals surface area contributed by atoms with Gasteiger partial charge in [-0.1, -0.05) is 59.7 Å². The minimum atomic E-state index is -0.896. The summed E-state index contributed by atoms with van der Waals surface area (Å²) in [4.78, 5) is 0. The molecule has 0 saturated heterocycles. The molecular formula is C16H20O2Si. The van der Waals surface area contributed by atoms with E-state index in [1.165, 1.54) is 22.3 Å². The first kappa shape index (κ1) is 14.0. The summed E-state index contributed by atoms with van der Waals surface area (Å²) in [5.74, 6) is 0. The molecular weight excluding hydrogens is 252 g/mol. The number of hydrogen-bond acceptors (Lipinski definition) is 2. The molecule has 100 valence electrons. The Hall–Kier alpha value is -1.42. The average molecular weight is 272 g/mol. The third-order valence-corrected chi connectivity index (χ3v) is 3.69. The van der Waals surface area contributed by atoms with Crippen LogP contribution in [0.3, 0.4) is 0 Å². The Morgan fingerprint density at radius 1 is 0.684 bits per heavy atom. The van der Waals surface area contributed by atoms with Crippen LogP contribution >= 0.6 is 0 Å². The Morgan fingerprint density at radius 3 is 1.42 bits per heavy atom. The molecule has 0 fully saturated rings. The van der Waals surface area contributed by atoms with E-state index in [2.05, 4.69) is 62.4 Å². The van der Waals surface area contributed by atoms with Crippen LogP contribution < -0.4 is 0 Å². The Bertz CT molecular complexity index is 444. The van der Waals surface area contributed by atoms with Crippen molar-refractivity contribution in [3.05, 3.63) is 70.8 Å². The predicted molar refractivity (Wildman–Crippen MR) is 80.5 cm³/mol. The number of rotatable bonds is 6. The molecule has 0 saturated carbocycles. The number of benzene rings is 2. The Kier molecular flexibility index (Phi) is 5.33. The first-order valence-corrected chi connectivity index (χ1v) is 7.66. The summed E-state index contributed by atoms with van der Waals surface area (Å²) in [6, 6.07) is 16.8. The molecule has 0 aliphatic heterocycles. The fraction of sp³-hybridized carbons (Fsp3) is 0.250. The second-order valence-corrected chi connectivity index (χ2v) is 5.84. The lowest BCUT2D eigenvalue weighted by molar-refractivity contribution is 0.207. The molecule has 0 spiro atoms. The van der Waals surface area contributed by atoms with Crippen molar-refractivity contribution < 1.29 is 8.85 Å². The van der Waals surface area contributed by atoms with Gasteiger partial charge in [-0.15, -0.1) is 0 Å². The first-order chi connectivity index (χ1) is 9.24. The van der Waals surface area contributed by atoms with Gasteiger partial charge in [-0.3, -0.25) is 0 Å². The average Bonchev–Trinajstić information content (AvgIpc) is 2.43. The summed E-state index contributed by atoms with van der Waals surface area (Å²) < 4.78 is 11.2. The van der Waals surface area contributed by atoms with Gasteiger partial charge in [0, 0.05) is 0 Å². The molecule has 0 heterocycles. The van der Waals surface area contributed by atoms with E-state index in [4.69, 9.17) is 8.85 Å². The van der Waals surface area contributed by atoms with Gasteiger partial charge in [0.1, 0.15) is 0 Å². The lowest BCUT2D eigenvalue weighted by Gasteiger charge is -2.06. The van der Waals surface area contributed by atoms with Crippen molar-refractivity contribution >= 4 is 10.0 Å². The van der Waals surface area contributed by atoms with Crippen molar-refractivity contribution in [3.8, 4) is 0 Å². The maximum atomic E-state index is 5.62. The third-order valence-electron chi connectivity index (χ3n) is 2.95. The van der Waals surface area contributed by atoms with Crippen LogP contribution in [0.15, 0.2) is 48.5 Å². The maximum absolute atomic E-state index is 5.62. The van der Waals surface area contributed by atoms with Gasteiger partial charge in [-0.2, -0.15) is 0 Å². The van der Waals surface area contributed by atoms with Gasteiger partial charge in [-0.25, -0.2) is 0 Å². The zero-order valence-electron chi connectivity index (χ0n) is 11.6. The molecule has 2 aromatic carbocycles. The van der Waals surface area contributed by atoms with Crippen LogP contribution in [0.2, 0.25) is 0 Å². The van der Waals surface area contributed by atoms with Crippen molar-refractivity contribution in [3.63, 3.8) is 0 Å². The van der Waals surface area contributed by atoms with Crippen molar-refractivity contribution in [1.82, 2.24) is 0 Å². The summed E-state index contributed by atoms with van der Waals surface area (Å²) in [5, 5.41) is 0. The monoisotopic (exact) mass is 272 g/mol. The molecule has 0 aromatic heterocycles. The molecule has 0 amide bonds. The van der Waals surface area contributed by atoms with E-state index < -0.39 is 10.0 Å². The quantitative estimate of drug-likeness (QED) is 0.594. The lowest BCUT2D eigenvalue weighted by Crippen LogP contribution is -2.05. The molecule has 0 N–H and O–H groups in total. The van der Waals surface area contributed by atoms with Gasteiger partial charge in [0.2, 0.25) is 0 Å². The Labute approximate surface area is 117 Å². The molecule has 2 rings (SSSR count). The summed E-state index contributed by atoms with van der Waals surface area (Å²) in [6.45, 7) is 5.48. The van der Waals surface area contributed by atoms with Crippen molar-refractivity contribution in [1.29, 1.82) is 0 Å². The predicted octanol–water partition coefficient (Wildman–Crippen LogP) is 3.04. The van der Waals surface area contributed by atoms with Crippen LogP contribution in [0.5, 0.6) is 0 Å². The standard InChI is InChI=1S/C16H20O2Si/c1-13-3-7-15(8-4-13)11-17-19-18-12-16-9-5-14(2)6-10-16/h3-10H,11-12,19H2,1-2H3. The third kappa shape index (κ3) is 4.99. The summed E-state index contributed by atoms with van der Waals surface area (Å²) in [6.07, 6.45) is 0. The SMILES string of the molecule is Cc1ccc(CO[SiH2]OCc2ccc(C)cc2)cc1. The van der Waals surface area contributed by atoms with Gasteiger partial charge in [0.05, 0.1) is 13.2 Å². The number of aryl methyl sites for hydroxylation is 2. The Balaban J connectivity index is 1.64. The fourth-order valence-corrected chi connectivity index (χ4v) is 2.50. The molecule has 0 aliphatic carbocycles. The van der Waals surface area contributed by atoms with Crippen LogP contribution in [-0.4, -0.2) is 10.0 Å². The van der Waals surface area contributed by atoms with E-state index >= 15 is 0 Å².